The van der Waals surface area contributed by atoms with Gasteiger partial charge in [0.2, 0.25) is 0 Å². The van der Waals surface area contributed by atoms with Crippen LogP contribution >= 0.6 is 0 Å². The van der Waals surface area contributed by atoms with Crippen molar-refractivity contribution in [3.05, 3.63) is 12.2 Å². The number of piperidine rings is 1. The molecule has 0 radical (unpaired) electrons. The molecule has 0 amide bonds. The van der Waals surface area contributed by atoms with Crippen LogP contribution in [0.3, 0.4) is 0 Å². The maximum Gasteiger partial charge on any atom is 0.150 e. The third kappa shape index (κ3) is 1.88. The van der Waals surface area contributed by atoms with Gasteiger partial charge in [-0.2, -0.15) is 5.10 Å². The van der Waals surface area contributed by atoms with Crippen LogP contribution in [-0.2, 0) is 6.42 Å². The number of aromatic nitrogens is 3. The van der Waals surface area contributed by atoms with Crippen molar-refractivity contribution >= 4 is 0 Å². The van der Waals surface area contributed by atoms with Crippen LogP contribution in [-0.4, -0.2) is 27.9 Å². The molecule has 1 aromatic heterocycles. The van der Waals surface area contributed by atoms with Crippen LogP contribution in [0.2, 0.25) is 0 Å². The molecule has 0 aliphatic carbocycles. The highest BCUT2D eigenvalue weighted by molar-refractivity contribution is 4.84. The summed E-state index contributed by atoms with van der Waals surface area (Å²) in [5.74, 6) is 0.950. The first kappa shape index (κ1) is 8.69. The van der Waals surface area contributed by atoms with Crippen molar-refractivity contribution in [2.24, 2.45) is 0 Å². The summed E-state index contributed by atoms with van der Waals surface area (Å²) < 4.78 is 2.00. The number of rotatable bonds is 2. The highest BCUT2D eigenvalue weighted by Gasteiger charge is 2.15. The maximum atomic E-state index is 4.42. The SMILES string of the molecule is CCc1ncn([C@@H]2CCCNC2)n1. The van der Waals surface area contributed by atoms with Gasteiger partial charge in [0.1, 0.15) is 12.2 Å². The van der Waals surface area contributed by atoms with E-state index in [4.69, 9.17) is 0 Å². The lowest BCUT2D eigenvalue weighted by Gasteiger charge is -2.22. The second kappa shape index (κ2) is 3.87. The number of hydrogen-bond acceptors (Lipinski definition) is 3. The predicted octanol–water partition coefficient (Wildman–Crippen LogP) is 0.765. The van der Waals surface area contributed by atoms with E-state index < -0.39 is 0 Å². The van der Waals surface area contributed by atoms with Gasteiger partial charge >= 0.3 is 0 Å². The molecule has 4 heteroatoms. The van der Waals surface area contributed by atoms with Gasteiger partial charge in [0.25, 0.3) is 0 Å². The van der Waals surface area contributed by atoms with Gasteiger partial charge in [0, 0.05) is 13.0 Å². The number of nitrogens with zero attached hydrogens (tertiary/aromatic N) is 3. The Hall–Kier alpha value is -0.900. The lowest BCUT2D eigenvalue weighted by molar-refractivity contribution is 0.345. The minimum absolute atomic E-state index is 0.515. The maximum absolute atomic E-state index is 4.42. The molecule has 0 bridgehead atoms. The van der Waals surface area contributed by atoms with E-state index >= 15 is 0 Å². The Morgan fingerprint density at radius 3 is 3.23 bits per heavy atom. The summed E-state index contributed by atoms with van der Waals surface area (Å²) in [6.45, 7) is 4.26. The molecular weight excluding hydrogens is 164 g/mol. The van der Waals surface area contributed by atoms with Gasteiger partial charge in [-0.25, -0.2) is 9.67 Å². The summed E-state index contributed by atoms with van der Waals surface area (Å²) in [7, 11) is 0. The molecule has 0 unspecified atom stereocenters. The molecule has 72 valence electrons. The van der Waals surface area contributed by atoms with Crippen LogP contribution < -0.4 is 5.32 Å². The molecule has 4 nitrogen and oxygen atoms in total. The summed E-state index contributed by atoms with van der Waals surface area (Å²) in [6, 6.07) is 0.515. The first-order valence-corrected chi connectivity index (χ1v) is 5.01. The van der Waals surface area contributed by atoms with Gasteiger partial charge in [-0.3, -0.25) is 0 Å². The van der Waals surface area contributed by atoms with Crippen LogP contribution in [0.15, 0.2) is 6.33 Å². The zero-order chi connectivity index (χ0) is 9.10. The highest BCUT2D eigenvalue weighted by Crippen LogP contribution is 2.14. The van der Waals surface area contributed by atoms with E-state index in [0.29, 0.717) is 6.04 Å². The molecule has 1 aliphatic rings. The minimum Gasteiger partial charge on any atom is -0.315 e. The molecule has 1 aromatic rings. The summed E-state index contributed by atoms with van der Waals surface area (Å²) in [4.78, 5) is 4.23. The Morgan fingerprint density at radius 2 is 2.62 bits per heavy atom. The fraction of sp³-hybridized carbons (Fsp3) is 0.778. The molecule has 1 saturated heterocycles. The normalized spacial score (nSPS) is 23.3. The van der Waals surface area contributed by atoms with Crippen LogP contribution in [0, 0.1) is 0 Å². The zero-order valence-corrected chi connectivity index (χ0v) is 8.03. The predicted molar refractivity (Wildman–Crippen MR) is 50.5 cm³/mol. The first-order chi connectivity index (χ1) is 6.40. The summed E-state index contributed by atoms with van der Waals surface area (Å²) in [5.41, 5.74) is 0. The molecule has 1 aliphatic heterocycles. The van der Waals surface area contributed by atoms with Gasteiger partial charge in [0.05, 0.1) is 6.04 Å². The second-order valence-electron chi connectivity index (χ2n) is 3.49. The number of hydrogen-bond donors (Lipinski definition) is 1. The molecule has 1 atom stereocenters. The van der Waals surface area contributed by atoms with Crippen LogP contribution in [0.4, 0.5) is 0 Å². The number of aryl methyl sites for hydroxylation is 1. The van der Waals surface area contributed by atoms with Crippen LogP contribution in [0.25, 0.3) is 0 Å². The fourth-order valence-electron chi connectivity index (χ4n) is 1.71. The molecule has 1 fully saturated rings. The monoisotopic (exact) mass is 180 g/mol. The van der Waals surface area contributed by atoms with Crippen molar-refractivity contribution in [3.63, 3.8) is 0 Å². The lowest BCUT2D eigenvalue weighted by atomic mass is 10.1. The van der Waals surface area contributed by atoms with Crippen molar-refractivity contribution < 1.29 is 0 Å². The van der Waals surface area contributed by atoms with Crippen molar-refractivity contribution in [1.29, 1.82) is 0 Å². The quantitative estimate of drug-likeness (QED) is 0.731. The van der Waals surface area contributed by atoms with E-state index in [1.54, 1.807) is 0 Å². The molecule has 0 aromatic carbocycles. The zero-order valence-electron chi connectivity index (χ0n) is 8.03. The molecule has 13 heavy (non-hydrogen) atoms. The molecule has 2 rings (SSSR count). The van der Waals surface area contributed by atoms with E-state index in [9.17, 15) is 0 Å². The van der Waals surface area contributed by atoms with Crippen LogP contribution in [0.5, 0.6) is 0 Å². The molecule has 1 N–H and O–H groups in total. The molecule has 0 spiro atoms. The molecular formula is C9H16N4. The lowest BCUT2D eigenvalue weighted by Crippen LogP contribution is -2.31. The average molecular weight is 180 g/mol. The minimum atomic E-state index is 0.515. The summed E-state index contributed by atoms with van der Waals surface area (Å²) in [6.07, 6.45) is 5.25. The average Bonchev–Trinajstić information content (AvgIpc) is 2.67. The highest BCUT2D eigenvalue weighted by atomic mass is 15.4. The third-order valence-electron chi connectivity index (χ3n) is 2.52. The van der Waals surface area contributed by atoms with E-state index in [2.05, 4.69) is 22.3 Å². The molecule has 2 heterocycles. The Balaban J connectivity index is 2.05. The van der Waals surface area contributed by atoms with Gasteiger partial charge in [-0.1, -0.05) is 6.92 Å². The molecule has 0 saturated carbocycles. The first-order valence-electron chi connectivity index (χ1n) is 5.01. The van der Waals surface area contributed by atoms with E-state index in [0.717, 1.165) is 25.3 Å². The Bertz CT molecular complexity index is 262. The van der Waals surface area contributed by atoms with Gasteiger partial charge in [0.15, 0.2) is 0 Å². The van der Waals surface area contributed by atoms with E-state index in [1.807, 2.05) is 11.0 Å². The van der Waals surface area contributed by atoms with Crippen LogP contribution in [0.1, 0.15) is 31.6 Å². The van der Waals surface area contributed by atoms with E-state index in [1.165, 1.54) is 12.8 Å². The standard InChI is InChI=1S/C9H16N4/c1-2-9-11-7-13(12-9)8-4-3-5-10-6-8/h7-8,10H,2-6H2,1H3/t8-/m1/s1. The second-order valence-corrected chi connectivity index (χ2v) is 3.49. The topological polar surface area (TPSA) is 42.7 Å². The Morgan fingerprint density at radius 1 is 1.69 bits per heavy atom. The van der Waals surface area contributed by atoms with Gasteiger partial charge in [-0.15, -0.1) is 0 Å². The van der Waals surface area contributed by atoms with Crippen molar-refractivity contribution in [2.75, 3.05) is 13.1 Å². The number of nitrogens with one attached hydrogen (secondary N) is 1. The van der Waals surface area contributed by atoms with Crippen molar-refractivity contribution in [2.45, 2.75) is 32.2 Å². The van der Waals surface area contributed by atoms with Crippen molar-refractivity contribution in [3.8, 4) is 0 Å². The largest absolute Gasteiger partial charge is 0.315 e. The Labute approximate surface area is 78.4 Å². The third-order valence-corrected chi connectivity index (χ3v) is 2.52. The van der Waals surface area contributed by atoms with Gasteiger partial charge in [-0.05, 0) is 19.4 Å². The van der Waals surface area contributed by atoms with Crippen molar-refractivity contribution in [1.82, 2.24) is 20.1 Å². The smallest absolute Gasteiger partial charge is 0.150 e. The Kier molecular flexibility index (Phi) is 2.59. The fourth-order valence-corrected chi connectivity index (χ4v) is 1.71. The van der Waals surface area contributed by atoms with Gasteiger partial charge < -0.3 is 5.32 Å². The summed E-state index contributed by atoms with van der Waals surface area (Å²) in [5, 5.41) is 7.79. The van der Waals surface area contributed by atoms with E-state index in [-0.39, 0.29) is 0 Å². The summed E-state index contributed by atoms with van der Waals surface area (Å²) >= 11 is 0.